The van der Waals surface area contributed by atoms with Crippen LogP contribution >= 0.6 is 11.8 Å². The first-order valence-electron chi connectivity index (χ1n) is 14.2. The molecule has 2 amide bonds. The molecule has 0 aromatic heterocycles. The SMILES string of the molecule is O=C(/C=C/c1ccc(Sc2ccc(/C=C/C(=O)N3CC=CCC3)c(C(F)(F)F)c2C(F)(F)F)c(C(F)(F)F)c1C(F)(F)F)N1CC=CCC1. The van der Waals surface area contributed by atoms with Gasteiger partial charge < -0.3 is 9.80 Å². The van der Waals surface area contributed by atoms with E-state index in [1.807, 2.05) is 0 Å². The lowest BCUT2D eigenvalue weighted by Crippen LogP contribution is -2.32. The second-order valence-corrected chi connectivity index (χ2v) is 11.7. The summed E-state index contributed by atoms with van der Waals surface area (Å²) in [4.78, 5) is 24.3. The highest BCUT2D eigenvalue weighted by Gasteiger charge is 2.49. The molecule has 0 radical (unpaired) electrons. The molecular formula is C32H24F12N2O2S. The summed E-state index contributed by atoms with van der Waals surface area (Å²) in [6.45, 7) is 0.581. The molecule has 0 saturated heterocycles. The molecule has 17 heteroatoms. The first kappa shape index (κ1) is 37.7. The summed E-state index contributed by atoms with van der Waals surface area (Å²) in [7, 11) is 0. The fraction of sp³-hybridized carbons (Fsp3) is 0.312. The van der Waals surface area contributed by atoms with Crippen LogP contribution in [0.5, 0.6) is 0 Å². The summed E-state index contributed by atoms with van der Waals surface area (Å²) in [5.41, 5.74) is -11.9. The molecule has 0 fully saturated rings. The van der Waals surface area contributed by atoms with Gasteiger partial charge in [0.2, 0.25) is 11.8 Å². The third-order valence-electron chi connectivity index (χ3n) is 7.30. The van der Waals surface area contributed by atoms with Crippen LogP contribution in [0.25, 0.3) is 12.2 Å². The number of hydrogen-bond acceptors (Lipinski definition) is 3. The van der Waals surface area contributed by atoms with Crippen molar-refractivity contribution in [3.8, 4) is 0 Å². The number of hydrogen-bond donors (Lipinski definition) is 0. The van der Waals surface area contributed by atoms with Crippen molar-refractivity contribution in [1.29, 1.82) is 0 Å². The standard InChI is InChI=1S/C32H24F12N2O2S/c33-29(34,35)25-19(9-13-23(47)45-15-3-1-4-16-45)7-11-21(27(25)31(39,40)41)49-22-12-8-20(10-14-24(48)46-17-5-2-6-18-46)26(30(36,37)38)28(22)32(42,43)44/h1-3,5,7-14H,4,6,15-18H2/b13-9+,14-10+. The number of alkyl halides is 12. The molecular weight excluding hydrogens is 704 g/mol. The Bertz CT molecular complexity index is 1580. The summed E-state index contributed by atoms with van der Waals surface area (Å²) in [6.07, 6.45) is -13.5. The van der Waals surface area contributed by atoms with E-state index in [0.29, 0.717) is 61.4 Å². The van der Waals surface area contributed by atoms with E-state index in [1.165, 1.54) is 9.80 Å². The molecule has 49 heavy (non-hydrogen) atoms. The molecule has 0 unspecified atom stereocenters. The summed E-state index contributed by atoms with van der Waals surface area (Å²) < 4.78 is 171. The molecule has 2 heterocycles. The molecule has 0 N–H and O–H groups in total. The normalized spacial score (nSPS) is 16.3. The van der Waals surface area contributed by atoms with Gasteiger partial charge in [0.25, 0.3) is 0 Å². The molecule has 2 aliphatic rings. The maximum Gasteiger partial charge on any atom is 0.418 e. The molecule has 0 spiro atoms. The van der Waals surface area contributed by atoms with Crippen molar-refractivity contribution in [3.63, 3.8) is 0 Å². The van der Waals surface area contributed by atoms with Crippen LogP contribution in [0.4, 0.5) is 52.7 Å². The van der Waals surface area contributed by atoms with Crippen molar-refractivity contribution >= 4 is 35.7 Å². The zero-order chi connectivity index (χ0) is 36.4. The molecule has 4 nitrogen and oxygen atoms in total. The van der Waals surface area contributed by atoms with Crippen molar-refractivity contribution < 1.29 is 62.3 Å². The molecule has 0 bridgehead atoms. The molecule has 264 valence electrons. The van der Waals surface area contributed by atoms with Gasteiger partial charge in [-0.1, -0.05) is 48.2 Å². The second-order valence-electron chi connectivity index (χ2n) is 10.7. The molecule has 4 rings (SSSR count). The smallest absolute Gasteiger partial charge is 0.335 e. The van der Waals surface area contributed by atoms with E-state index in [-0.39, 0.29) is 26.2 Å². The highest BCUT2D eigenvalue weighted by molar-refractivity contribution is 7.99. The Balaban J connectivity index is 1.85. The van der Waals surface area contributed by atoms with Gasteiger partial charge in [0.15, 0.2) is 0 Å². The number of rotatable bonds is 6. The van der Waals surface area contributed by atoms with E-state index in [1.54, 1.807) is 24.3 Å². The quantitative estimate of drug-likeness (QED) is 0.169. The van der Waals surface area contributed by atoms with Gasteiger partial charge >= 0.3 is 24.7 Å². The summed E-state index contributed by atoms with van der Waals surface area (Å²) in [5, 5.41) is 0. The zero-order valence-corrected chi connectivity index (χ0v) is 25.6. The van der Waals surface area contributed by atoms with Crippen molar-refractivity contribution in [1.82, 2.24) is 9.80 Å². The summed E-state index contributed by atoms with van der Waals surface area (Å²) >= 11 is -0.587. The van der Waals surface area contributed by atoms with E-state index in [2.05, 4.69) is 0 Å². The molecule has 0 saturated carbocycles. The van der Waals surface area contributed by atoms with Gasteiger partial charge in [-0.3, -0.25) is 9.59 Å². The Kier molecular flexibility index (Phi) is 11.0. The van der Waals surface area contributed by atoms with Crippen LogP contribution in [0.15, 0.2) is 70.5 Å². The number of amides is 2. The Hall–Kier alpha value is -4.15. The first-order valence-corrected chi connectivity index (χ1v) is 15.1. The number of nitrogens with zero attached hydrogens (tertiary/aromatic N) is 2. The number of carbonyl (C=O) groups is 2. The lowest BCUT2D eigenvalue weighted by atomic mass is 9.99. The van der Waals surface area contributed by atoms with Gasteiger partial charge in [0, 0.05) is 48.1 Å². The van der Waals surface area contributed by atoms with Gasteiger partial charge in [0.05, 0.1) is 22.3 Å². The lowest BCUT2D eigenvalue weighted by molar-refractivity contribution is -0.164. The Morgan fingerprint density at radius 3 is 1.16 bits per heavy atom. The third-order valence-corrected chi connectivity index (χ3v) is 8.42. The minimum Gasteiger partial charge on any atom is -0.335 e. The van der Waals surface area contributed by atoms with Gasteiger partial charge in [0.1, 0.15) is 0 Å². The maximum atomic E-state index is 14.3. The predicted octanol–water partition coefficient (Wildman–Crippen LogP) is 9.52. The minimum absolute atomic E-state index is 0.0983. The fourth-order valence-corrected chi connectivity index (χ4v) is 6.30. The second kappa shape index (κ2) is 14.4. The highest BCUT2D eigenvalue weighted by atomic mass is 32.2. The monoisotopic (exact) mass is 728 g/mol. The Morgan fingerprint density at radius 2 is 0.878 bits per heavy atom. The van der Waals surface area contributed by atoms with Gasteiger partial charge in [-0.2, -0.15) is 52.7 Å². The zero-order valence-electron chi connectivity index (χ0n) is 24.8. The average molecular weight is 729 g/mol. The molecule has 2 aromatic rings. The van der Waals surface area contributed by atoms with Crippen molar-refractivity contribution in [2.75, 3.05) is 26.2 Å². The van der Waals surface area contributed by atoms with Crippen LogP contribution in [0, 0.1) is 0 Å². The number of halogens is 12. The molecule has 0 aliphatic carbocycles. The van der Waals surface area contributed by atoms with Crippen LogP contribution in [0.3, 0.4) is 0 Å². The lowest BCUT2D eigenvalue weighted by Gasteiger charge is -2.24. The minimum atomic E-state index is -5.86. The third kappa shape index (κ3) is 9.10. The number of benzene rings is 2. The van der Waals surface area contributed by atoms with Gasteiger partial charge in [-0.15, -0.1) is 0 Å². The van der Waals surface area contributed by atoms with Crippen molar-refractivity contribution in [2.24, 2.45) is 0 Å². The Morgan fingerprint density at radius 1 is 0.531 bits per heavy atom. The van der Waals surface area contributed by atoms with E-state index in [9.17, 15) is 62.3 Å². The maximum absolute atomic E-state index is 14.3. The van der Waals surface area contributed by atoms with E-state index in [0.717, 1.165) is 0 Å². The van der Waals surface area contributed by atoms with Crippen LogP contribution in [-0.2, 0) is 34.3 Å². The predicted molar refractivity (Wildman–Crippen MR) is 156 cm³/mol. The molecule has 2 aromatic carbocycles. The van der Waals surface area contributed by atoms with Crippen LogP contribution in [0.1, 0.15) is 46.2 Å². The number of carbonyl (C=O) groups excluding carboxylic acids is 2. The molecule has 2 aliphatic heterocycles. The van der Waals surface area contributed by atoms with Crippen LogP contribution in [0.2, 0.25) is 0 Å². The van der Waals surface area contributed by atoms with Crippen LogP contribution < -0.4 is 0 Å². The van der Waals surface area contributed by atoms with Gasteiger partial charge in [-0.05, 0) is 48.3 Å². The molecule has 0 atom stereocenters. The first-order chi connectivity index (χ1) is 22.7. The van der Waals surface area contributed by atoms with Gasteiger partial charge in [-0.25, -0.2) is 0 Å². The topological polar surface area (TPSA) is 40.6 Å². The average Bonchev–Trinajstić information content (AvgIpc) is 3.01. The van der Waals surface area contributed by atoms with Crippen molar-refractivity contribution in [2.45, 2.75) is 47.3 Å². The van der Waals surface area contributed by atoms with E-state index < -0.39 is 91.5 Å². The highest BCUT2D eigenvalue weighted by Crippen LogP contribution is 2.52. The van der Waals surface area contributed by atoms with Crippen molar-refractivity contribution in [3.05, 3.63) is 94.1 Å². The van der Waals surface area contributed by atoms with E-state index in [4.69, 9.17) is 0 Å². The Labute approximate surface area is 275 Å². The van der Waals surface area contributed by atoms with Crippen LogP contribution in [-0.4, -0.2) is 47.8 Å². The fourth-order valence-electron chi connectivity index (χ4n) is 5.16. The van der Waals surface area contributed by atoms with E-state index >= 15 is 0 Å². The summed E-state index contributed by atoms with van der Waals surface area (Å²) in [6, 6.07) is 1.75. The summed E-state index contributed by atoms with van der Waals surface area (Å²) in [5.74, 6) is -1.63. The largest absolute Gasteiger partial charge is 0.418 e.